The van der Waals surface area contributed by atoms with E-state index in [1.54, 1.807) is 0 Å². The Morgan fingerprint density at radius 3 is 1.79 bits per heavy atom. The highest BCUT2D eigenvalue weighted by Crippen LogP contribution is 2.51. The van der Waals surface area contributed by atoms with Crippen molar-refractivity contribution in [2.75, 3.05) is 7.11 Å². The van der Waals surface area contributed by atoms with Gasteiger partial charge in [0.2, 0.25) is 5.88 Å². The smallest absolute Gasteiger partial charge is 0.339 e. The Bertz CT molecular complexity index is 1380. The first-order chi connectivity index (χ1) is 18.3. The molecule has 0 saturated heterocycles. The summed E-state index contributed by atoms with van der Waals surface area (Å²) >= 11 is 0. The monoisotopic (exact) mass is 525 g/mol. The normalized spacial score (nSPS) is 18.9. The van der Waals surface area contributed by atoms with Crippen LogP contribution in [0.3, 0.4) is 0 Å². The number of Topliss-reactive ketones (excluding diaryl/α,β-unsaturated/α-hetero) is 1. The minimum Gasteiger partial charge on any atom is -0.465 e. The number of methoxy groups -OCH3 is 1. The highest BCUT2D eigenvalue weighted by atomic mass is 31.2. The molecule has 194 valence electrons. The van der Waals surface area contributed by atoms with Crippen LogP contribution < -0.4 is 15.9 Å². The minimum atomic E-state index is -2.70. The van der Waals surface area contributed by atoms with Crippen molar-refractivity contribution in [2.45, 2.75) is 33.6 Å². The van der Waals surface area contributed by atoms with Crippen molar-refractivity contribution in [1.82, 2.24) is 0 Å². The molecule has 6 heteroatoms. The summed E-state index contributed by atoms with van der Waals surface area (Å²) in [7, 11) is -1.35. The van der Waals surface area contributed by atoms with Crippen LogP contribution in [0, 0.1) is 11.3 Å². The average Bonchev–Trinajstić information content (AvgIpc) is 2.92. The van der Waals surface area contributed by atoms with Crippen LogP contribution >= 0.6 is 7.05 Å². The number of hydrogen-bond donors (Lipinski definition) is 0. The topological polar surface area (TPSA) is 65.0 Å². The molecule has 0 radical (unpaired) electrons. The molecule has 1 aliphatic carbocycles. The molecule has 5 rings (SSSR count). The molecule has 1 atom stereocenters. The SMILES string of the molecule is COC(=O)C1=C(N=P(c2ccccc2)(c2ccccc2)c2ccccc2)OC2=C(C(=O)CC(C)(C)C2)[C@H]1C. The first kappa shape index (κ1) is 25.9. The van der Waals surface area contributed by atoms with Gasteiger partial charge in [0.05, 0.1) is 14.2 Å². The van der Waals surface area contributed by atoms with Crippen LogP contribution in [-0.4, -0.2) is 18.9 Å². The minimum absolute atomic E-state index is 0.0134. The molecule has 3 aromatic rings. The number of ether oxygens (including phenoxy) is 2. The van der Waals surface area contributed by atoms with E-state index in [0.29, 0.717) is 24.2 Å². The Hall–Kier alpha value is -3.69. The van der Waals surface area contributed by atoms with Gasteiger partial charge in [0.1, 0.15) is 11.3 Å². The zero-order valence-electron chi connectivity index (χ0n) is 22.2. The Kier molecular flexibility index (Phi) is 6.98. The van der Waals surface area contributed by atoms with E-state index in [9.17, 15) is 9.59 Å². The Balaban J connectivity index is 1.87. The lowest BCUT2D eigenvalue weighted by Gasteiger charge is -2.37. The molecular formula is C32H32NO4P. The van der Waals surface area contributed by atoms with Crippen molar-refractivity contribution in [3.63, 3.8) is 0 Å². The fourth-order valence-electron chi connectivity index (χ4n) is 5.49. The van der Waals surface area contributed by atoms with Gasteiger partial charge in [-0.2, -0.15) is 0 Å². The van der Waals surface area contributed by atoms with E-state index in [2.05, 4.69) is 50.2 Å². The van der Waals surface area contributed by atoms with E-state index in [-0.39, 0.29) is 22.7 Å². The second-order valence-electron chi connectivity index (χ2n) is 10.6. The van der Waals surface area contributed by atoms with E-state index in [0.717, 1.165) is 15.9 Å². The summed E-state index contributed by atoms with van der Waals surface area (Å²) in [6, 6.07) is 30.5. The van der Waals surface area contributed by atoms with E-state index >= 15 is 0 Å². The quantitative estimate of drug-likeness (QED) is 0.309. The lowest BCUT2D eigenvalue weighted by Crippen LogP contribution is -2.34. The van der Waals surface area contributed by atoms with E-state index < -0.39 is 18.9 Å². The van der Waals surface area contributed by atoms with E-state index in [1.165, 1.54) is 7.11 Å². The van der Waals surface area contributed by atoms with Gasteiger partial charge >= 0.3 is 5.97 Å². The third kappa shape index (κ3) is 4.56. The molecule has 0 aromatic heterocycles. The van der Waals surface area contributed by atoms with Gasteiger partial charge in [0, 0.05) is 40.2 Å². The number of hydrogen-bond acceptors (Lipinski definition) is 5. The van der Waals surface area contributed by atoms with E-state index in [1.807, 2.05) is 61.5 Å². The van der Waals surface area contributed by atoms with Crippen LogP contribution in [0.1, 0.15) is 33.6 Å². The van der Waals surface area contributed by atoms with Crippen molar-refractivity contribution < 1.29 is 19.1 Å². The molecule has 0 amide bonds. The van der Waals surface area contributed by atoms with Crippen molar-refractivity contribution in [3.05, 3.63) is 114 Å². The molecule has 3 aromatic carbocycles. The molecule has 1 aliphatic heterocycles. The molecule has 0 fully saturated rings. The predicted molar refractivity (Wildman–Crippen MR) is 152 cm³/mol. The molecule has 0 N–H and O–H groups in total. The molecule has 38 heavy (non-hydrogen) atoms. The number of carbonyl (C=O) groups is 2. The van der Waals surface area contributed by atoms with Gasteiger partial charge in [0.15, 0.2) is 5.78 Å². The summed E-state index contributed by atoms with van der Waals surface area (Å²) in [6.45, 7) is 6.01. The van der Waals surface area contributed by atoms with Crippen LogP contribution in [0.4, 0.5) is 0 Å². The molecule has 1 heterocycles. The summed E-state index contributed by atoms with van der Waals surface area (Å²) in [5, 5.41) is 3.10. The number of esters is 1. The standard InChI is InChI=1S/C32H32NO4P/c1-22-28-26(34)20-32(2,3)21-27(28)37-30(29(22)31(35)36-4)33-38(23-14-8-5-9-15-23,24-16-10-6-11-17-24)25-18-12-7-13-19-25/h5-19,22H,20-21H2,1-4H3/t22-/m1/s1. The Morgan fingerprint density at radius 2 is 1.34 bits per heavy atom. The van der Waals surface area contributed by atoms with Crippen LogP contribution in [0.2, 0.25) is 0 Å². The number of benzene rings is 3. The van der Waals surface area contributed by atoms with Crippen molar-refractivity contribution in [2.24, 2.45) is 16.1 Å². The number of rotatable bonds is 5. The van der Waals surface area contributed by atoms with Gasteiger partial charge < -0.3 is 9.47 Å². The van der Waals surface area contributed by atoms with Crippen molar-refractivity contribution >= 4 is 34.7 Å². The number of nitrogens with zero attached hydrogens (tertiary/aromatic N) is 1. The number of allylic oxidation sites excluding steroid dienone is 2. The van der Waals surface area contributed by atoms with Crippen LogP contribution in [-0.2, 0) is 19.1 Å². The summed E-state index contributed by atoms with van der Waals surface area (Å²) < 4.78 is 17.2. The average molecular weight is 526 g/mol. The van der Waals surface area contributed by atoms with Gasteiger partial charge in [-0.3, -0.25) is 4.79 Å². The molecule has 0 unspecified atom stereocenters. The fourth-order valence-corrected chi connectivity index (χ4v) is 8.96. The zero-order valence-corrected chi connectivity index (χ0v) is 23.1. The number of ketones is 1. The third-order valence-corrected chi connectivity index (χ3v) is 10.8. The number of carbonyl (C=O) groups excluding carboxylic acids is 2. The largest absolute Gasteiger partial charge is 0.465 e. The maximum Gasteiger partial charge on any atom is 0.339 e. The lowest BCUT2D eigenvalue weighted by atomic mass is 9.72. The molecule has 0 saturated carbocycles. The van der Waals surface area contributed by atoms with Crippen LogP contribution in [0.15, 0.2) is 119 Å². The maximum atomic E-state index is 13.2. The fraction of sp³-hybridized carbons (Fsp3) is 0.250. The van der Waals surface area contributed by atoms with Crippen molar-refractivity contribution in [3.8, 4) is 0 Å². The summed E-state index contributed by atoms with van der Waals surface area (Å²) in [4.78, 5) is 26.5. The summed E-state index contributed by atoms with van der Waals surface area (Å²) in [6.07, 6.45) is 1.01. The Labute approximate surface area is 224 Å². The first-order valence-corrected chi connectivity index (χ1v) is 14.6. The predicted octanol–water partition coefficient (Wildman–Crippen LogP) is 5.86. The molecule has 0 spiro atoms. The molecular weight excluding hydrogens is 493 g/mol. The lowest BCUT2D eigenvalue weighted by molar-refractivity contribution is -0.137. The molecule has 5 nitrogen and oxygen atoms in total. The van der Waals surface area contributed by atoms with Crippen molar-refractivity contribution in [1.29, 1.82) is 0 Å². The summed E-state index contributed by atoms with van der Waals surface area (Å²) in [5.41, 5.74) is 0.604. The second-order valence-corrected chi connectivity index (χ2v) is 13.6. The zero-order chi connectivity index (χ0) is 26.9. The van der Waals surface area contributed by atoms with Gasteiger partial charge in [-0.25, -0.2) is 9.54 Å². The van der Waals surface area contributed by atoms with Gasteiger partial charge in [-0.15, -0.1) is 0 Å². The summed E-state index contributed by atoms with van der Waals surface area (Å²) in [5.74, 6) is -0.166. The van der Waals surface area contributed by atoms with Gasteiger partial charge in [0.25, 0.3) is 0 Å². The molecule has 2 aliphatic rings. The van der Waals surface area contributed by atoms with Crippen LogP contribution in [0.5, 0.6) is 0 Å². The van der Waals surface area contributed by atoms with Gasteiger partial charge in [-0.05, 0) is 5.41 Å². The second kappa shape index (κ2) is 10.2. The highest BCUT2D eigenvalue weighted by Gasteiger charge is 2.44. The highest BCUT2D eigenvalue weighted by molar-refractivity contribution is 7.87. The third-order valence-electron chi connectivity index (χ3n) is 7.23. The van der Waals surface area contributed by atoms with E-state index in [4.69, 9.17) is 14.2 Å². The van der Waals surface area contributed by atoms with Gasteiger partial charge in [-0.1, -0.05) is 112 Å². The maximum absolute atomic E-state index is 13.2. The Morgan fingerprint density at radius 1 is 0.868 bits per heavy atom. The first-order valence-electron chi connectivity index (χ1n) is 12.8. The molecule has 0 bridgehead atoms. The van der Waals surface area contributed by atoms with Crippen LogP contribution in [0.25, 0.3) is 0 Å².